The molecule has 0 radical (unpaired) electrons. The number of rotatable bonds is 3. The van der Waals surface area contributed by atoms with Crippen LogP contribution in [0.4, 0.5) is 5.69 Å². The summed E-state index contributed by atoms with van der Waals surface area (Å²) >= 11 is 3.29. The highest BCUT2D eigenvalue weighted by Crippen LogP contribution is 2.29. The van der Waals surface area contributed by atoms with Gasteiger partial charge in [-0.3, -0.25) is 9.59 Å². The van der Waals surface area contributed by atoms with E-state index in [1.54, 1.807) is 29.3 Å². The van der Waals surface area contributed by atoms with Crippen LogP contribution in [-0.2, 0) is 27.6 Å². The second kappa shape index (κ2) is 6.76. The monoisotopic (exact) mass is 424 g/mol. The fourth-order valence-electron chi connectivity index (χ4n) is 2.92. The molecule has 0 aliphatic carbocycles. The molecule has 0 bridgehead atoms. The molecule has 8 heteroatoms. The van der Waals surface area contributed by atoms with E-state index in [4.69, 9.17) is 0 Å². The first-order valence-electron chi connectivity index (χ1n) is 7.75. The van der Waals surface area contributed by atoms with Crippen molar-refractivity contribution in [1.29, 1.82) is 0 Å². The van der Waals surface area contributed by atoms with Crippen LogP contribution in [0, 0.1) is 0 Å². The molecule has 1 amide bonds. The summed E-state index contributed by atoms with van der Waals surface area (Å²) < 4.78 is 25.5. The zero-order valence-electron chi connectivity index (χ0n) is 13.6. The molecule has 0 unspecified atom stereocenters. The number of aryl methyl sites for hydroxylation is 1. The smallest absolute Gasteiger partial charge is 0.251 e. The summed E-state index contributed by atoms with van der Waals surface area (Å²) in [5, 5.41) is 0. The molecule has 132 valence electrons. The Hall–Kier alpha value is -1.93. The van der Waals surface area contributed by atoms with E-state index in [0.29, 0.717) is 12.2 Å². The lowest BCUT2D eigenvalue weighted by atomic mass is 10.0. The molecule has 1 aliphatic heterocycles. The van der Waals surface area contributed by atoms with E-state index < -0.39 is 9.84 Å². The number of amides is 1. The average Bonchev–Trinajstić information content (AvgIpc) is 2.56. The highest BCUT2D eigenvalue weighted by atomic mass is 79.9. The van der Waals surface area contributed by atoms with E-state index in [9.17, 15) is 18.0 Å². The number of aromatic nitrogens is 1. The average molecular weight is 425 g/mol. The zero-order chi connectivity index (χ0) is 18.2. The number of hydrogen-bond donors (Lipinski definition) is 0. The van der Waals surface area contributed by atoms with E-state index in [-0.39, 0.29) is 22.9 Å². The predicted molar refractivity (Wildman–Crippen MR) is 98.6 cm³/mol. The van der Waals surface area contributed by atoms with Gasteiger partial charge in [-0.1, -0.05) is 0 Å². The molecule has 0 atom stereocenters. The van der Waals surface area contributed by atoms with Gasteiger partial charge in [0, 0.05) is 35.2 Å². The Morgan fingerprint density at radius 3 is 2.72 bits per heavy atom. The van der Waals surface area contributed by atoms with E-state index in [1.165, 1.54) is 23.0 Å². The standard InChI is InChI=1S/C17H17BrN2O4S/c1-25(23,24)14-5-6-15-12(9-14)3-2-8-20(15)17(22)11-19-10-13(18)4-7-16(19)21/h4-7,9-10H,2-3,8,11H2,1H3. The molecule has 1 aromatic carbocycles. The molecule has 3 rings (SSSR count). The predicted octanol–water partition coefficient (Wildman–Crippen LogP) is 1.99. The summed E-state index contributed by atoms with van der Waals surface area (Å²) in [5.74, 6) is -0.201. The summed E-state index contributed by atoms with van der Waals surface area (Å²) in [7, 11) is -3.29. The molecule has 0 saturated heterocycles. The van der Waals surface area contributed by atoms with Crippen molar-refractivity contribution in [2.45, 2.75) is 24.3 Å². The van der Waals surface area contributed by atoms with Crippen LogP contribution in [-0.4, -0.2) is 31.7 Å². The van der Waals surface area contributed by atoms with Crippen LogP contribution in [0.1, 0.15) is 12.0 Å². The number of pyridine rings is 1. The van der Waals surface area contributed by atoms with Crippen molar-refractivity contribution in [3.8, 4) is 0 Å². The van der Waals surface area contributed by atoms with E-state index in [0.717, 1.165) is 22.9 Å². The van der Waals surface area contributed by atoms with E-state index >= 15 is 0 Å². The van der Waals surface area contributed by atoms with Crippen molar-refractivity contribution < 1.29 is 13.2 Å². The fourth-order valence-corrected chi connectivity index (χ4v) is 3.97. The van der Waals surface area contributed by atoms with Gasteiger partial charge in [-0.2, -0.15) is 0 Å². The second-order valence-electron chi connectivity index (χ2n) is 6.03. The van der Waals surface area contributed by atoms with Gasteiger partial charge in [0.05, 0.1) is 4.90 Å². The Morgan fingerprint density at radius 2 is 2.00 bits per heavy atom. The van der Waals surface area contributed by atoms with Crippen LogP contribution in [0.25, 0.3) is 0 Å². The number of anilines is 1. The van der Waals surface area contributed by atoms with Crippen molar-refractivity contribution in [3.05, 3.63) is 56.9 Å². The highest BCUT2D eigenvalue weighted by molar-refractivity contribution is 9.10. The zero-order valence-corrected chi connectivity index (χ0v) is 16.0. The molecule has 0 fully saturated rings. The largest absolute Gasteiger partial charge is 0.311 e. The summed E-state index contributed by atoms with van der Waals surface area (Å²) in [6.07, 6.45) is 4.22. The maximum Gasteiger partial charge on any atom is 0.251 e. The van der Waals surface area contributed by atoms with Gasteiger partial charge in [-0.25, -0.2) is 8.42 Å². The first-order valence-corrected chi connectivity index (χ1v) is 10.4. The lowest BCUT2D eigenvalue weighted by Crippen LogP contribution is -2.39. The Bertz CT molecular complexity index is 998. The van der Waals surface area contributed by atoms with Crippen molar-refractivity contribution in [1.82, 2.24) is 4.57 Å². The van der Waals surface area contributed by atoms with Gasteiger partial charge in [-0.15, -0.1) is 0 Å². The van der Waals surface area contributed by atoms with Gasteiger partial charge in [-0.05, 0) is 58.6 Å². The Balaban J connectivity index is 1.91. The maximum atomic E-state index is 12.7. The number of nitrogens with zero attached hydrogens (tertiary/aromatic N) is 2. The molecule has 1 aromatic heterocycles. The molecule has 0 saturated carbocycles. The van der Waals surface area contributed by atoms with Crippen LogP contribution < -0.4 is 10.5 Å². The normalized spacial score (nSPS) is 14.2. The van der Waals surface area contributed by atoms with E-state index in [1.807, 2.05) is 0 Å². The number of carbonyl (C=O) groups is 1. The minimum absolute atomic E-state index is 0.0639. The van der Waals surface area contributed by atoms with Gasteiger partial charge < -0.3 is 9.47 Å². The second-order valence-corrected chi connectivity index (χ2v) is 8.96. The van der Waals surface area contributed by atoms with Crippen molar-refractivity contribution in [2.24, 2.45) is 0 Å². The molecule has 2 heterocycles. The quantitative estimate of drug-likeness (QED) is 0.754. The van der Waals surface area contributed by atoms with Crippen LogP contribution in [0.3, 0.4) is 0 Å². The van der Waals surface area contributed by atoms with Crippen molar-refractivity contribution >= 4 is 37.4 Å². The minimum Gasteiger partial charge on any atom is -0.311 e. The lowest BCUT2D eigenvalue weighted by molar-refractivity contribution is -0.119. The third kappa shape index (κ3) is 3.85. The lowest BCUT2D eigenvalue weighted by Gasteiger charge is -2.30. The SMILES string of the molecule is CS(=O)(=O)c1ccc2c(c1)CCCN2C(=O)Cn1cc(Br)ccc1=O. The Morgan fingerprint density at radius 1 is 1.24 bits per heavy atom. The molecule has 25 heavy (non-hydrogen) atoms. The van der Waals surface area contributed by atoms with Crippen molar-refractivity contribution in [3.63, 3.8) is 0 Å². The summed E-state index contributed by atoms with van der Waals surface area (Å²) in [5.41, 5.74) is 1.30. The summed E-state index contributed by atoms with van der Waals surface area (Å²) in [4.78, 5) is 26.5. The molecule has 0 spiro atoms. The molecule has 2 aromatic rings. The number of halogens is 1. The minimum atomic E-state index is -3.29. The Kier molecular flexibility index (Phi) is 4.83. The highest BCUT2D eigenvalue weighted by Gasteiger charge is 2.24. The summed E-state index contributed by atoms with van der Waals surface area (Å²) in [6.45, 7) is 0.484. The number of carbonyl (C=O) groups excluding carboxylic acids is 1. The number of fused-ring (bicyclic) bond motifs is 1. The van der Waals surface area contributed by atoms with Gasteiger partial charge in [0.1, 0.15) is 6.54 Å². The third-order valence-corrected chi connectivity index (χ3v) is 5.73. The Labute approximate surface area is 154 Å². The molecule has 0 N–H and O–H groups in total. The number of benzene rings is 1. The van der Waals surface area contributed by atoms with Crippen molar-refractivity contribution in [2.75, 3.05) is 17.7 Å². The third-order valence-electron chi connectivity index (χ3n) is 4.15. The molecule has 6 nitrogen and oxygen atoms in total. The van der Waals surface area contributed by atoms with Gasteiger partial charge in [0.15, 0.2) is 9.84 Å². The fraction of sp³-hybridized carbons (Fsp3) is 0.294. The number of hydrogen-bond acceptors (Lipinski definition) is 4. The van der Waals surface area contributed by atoms with E-state index in [2.05, 4.69) is 15.9 Å². The topological polar surface area (TPSA) is 76.5 Å². The van der Waals surface area contributed by atoms with Gasteiger partial charge in [0.2, 0.25) is 5.91 Å². The first-order chi connectivity index (χ1) is 11.8. The molecule has 1 aliphatic rings. The van der Waals surface area contributed by atoms with Crippen LogP contribution >= 0.6 is 15.9 Å². The molecular formula is C17H17BrN2O4S. The van der Waals surface area contributed by atoms with Crippen LogP contribution in [0.15, 0.2) is 50.7 Å². The number of sulfone groups is 1. The van der Waals surface area contributed by atoms with Gasteiger partial charge in [0.25, 0.3) is 5.56 Å². The van der Waals surface area contributed by atoms with Crippen LogP contribution in [0.2, 0.25) is 0 Å². The van der Waals surface area contributed by atoms with Gasteiger partial charge >= 0.3 is 0 Å². The van der Waals surface area contributed by atoms with Crippen LogP contribution in [0.5, 0.6) is 0 Å². The summed E-state index contributed by atoms with van der Waals surface area (Å²) in [6, 6.07) is 7.86. The maximum absolute atomic E-state index is 12.7. The molecular weight excluding hydrogens is 408 g/mol. The first kappa shape index (κ1) is 17.9.